The monoisotopic (exact) mass is 202 g/mol. The highest BCUT2D eigenvalue weighted by molar-refractivity contribution is 7.80. The molecular formula is C9H18N2OS. The van der Waals surface area contributed by atoms with Crippen LogP contribution in [0.25, 0.3) is 0 Å². The van der Waals surface area contributed by atoms with Crippen LogP contribution in [-0.4, -0.2) is 41.7 Å². The molecule has 2 N–H and O–H groups in total. The molecular weight excluding hydrogens is 184 g/mol. The van der Waals surface area contributed by atoms with Gasteiger partial charge >= 0.3 is 0 Å². The average Bonchev–Trinajstić information content (AvgIpc) is 2.03. The first-order valence-corrected chi connectivity index (χ1v) is 5.18. The molecule has 76 valence electrons. The van der Waals surface area contributed by atoms with Gasteiger partial charge in [-0.2, -0.15) is 0 Å². The summed E-state index contributed by atoms with van der Waals surface area (Å²) in [5.74, 6) is 0. The molecule has 0 aliphatic carbocycles. The van der Waals surface area contributed by atoms with Crippen LogP contribution in [0.1, 0.15) is 20.3 Å². The predicted molar refractivity (Wildman–Crippen MR) is 57.9 cm³/mol. The molecule has 0 amide bonds. The molecule has 2 atom stereocenters. The maximum Gasteiger partial charge on any atom is 0.0870 e. The van der Waals surface area contributed by atoms with Crippen molar-refractivity contribution >= 4 is 17.2 Å². The van der Waals surface area contributed by atoms with Crippen LogP contribution >= 0.6 is 12.2 Å². The normalized spacial score (nSPS) is 30.3. The van der Waals surface area contributed by atoms with Gasteiger partial charge in [0.05, 0.1) is 17.7 Å². The fourth-order valence-electron chi connectivity index (χ4n) is 1.68. The van der Waals surface area contributed by atoms with Crippen molar-refractivity contribution in [3.63, 3.8) is 0 Å². The van der Waals surface area contributed by atoms with Gasteiger partial charge in [0.2, 0.25) is 0 Å². The molecule has 0 aromatic carbocycles. The summed E-state index contributed by atoms with van der Waals surface area (Å²) in [5.41, 5.74) is 5.53. The van der Waals surface area contributed by atoms with Crippen molar-refractivity contribution in [1.82, 2.24) is 4.90 Å². The highest BCUT2D eigenvalue weighted by atomic mass is 32.1. The quantitative estimate of drug-likeness (QED) is 0.686. The van der Waals surface area contributed by atoms with Gasteiger partial charge in [-0.1, -0.05) is 19.1 Å². The van der Waals surface area contributed by atoms with E-state index < -0.39 is 0 Å². The van der Waals surface area contributed by atoms with Crippen molar-refractivity contribution < 1.29 is 4.74 Å². The first kappa shape index (κ1) is 10.9. The molecule has 0 radical (unpaired) electrons. The van der Waals surface area contributed by atoms with E-state index in [-0.39, 0.29) is 0 Å². The lowest BCUT2D eigenvalue weighted by molar-refractivity contribution is -0.0495. The zero-order valence-electron chi connectivity index (χ0n) is 8.32. The second kappa shape index (κ2) is 4.88. The van der Waals surface area contributed by atoms with Crippen molar-refractivity contribution in [2.45, 2.75) is 32.4 Å². The number of rotatable bonds is 3. The lowest BCUT2D eigenvalue weighted by Gasteiger charge is -2.37. The molecule has 0 bridgehead atoms. The van der Waals surface area contributed by atoms with E-state index in [1.54, 1.807) is 0 Å². The zero-order valence-corrected chi connectivity index (χ0v) is 9.14. The van der Waals surface area contributed by atoms with Crippen molar-refractivity contribution in [2.24, 2.45) is 5.73 Å². The molecule has 0 aromatic rings. The topological polar surface area (TPSA) is 38.5 Å². The first-order valence-electron chi connectivity index (χ1n) is 4.77. The summed E-state index contributed by atoms with van der Waals surface area (Å²) in [7, 11) is 0. The average molecular weight is 202 g/mol. The molecule has 13 heavy (non-hydrogen) atoms. The first-order chi connectivity index (χ1) is 6.13. The summed E-state index contributed by atoms with van der Waals surface area (Å²) in [6, 6.07) is 0.484. The van der Waals surface area contributed by atoms with Gasteiger partial charge in [0.1, 0.15) is 0 Å². The Bertz CT molecular complexity index is 186. The Morgan fingerprint density at radius 1 is 1.69 bits per heavy atom. The Kier molecular flexibility index (Phi) is 4.09. The van der Waals surface area contributed by atoms with Crippen molar-refractivity contribution in [1.29, 1.82) is 0 Å². The lowest BCUT2D eigenvalue weighted by atomic mass is 10.1. The van der Waals surface area contributed by atoms with Crippen LogP contribution in [-0.2, 0) is 4.74 Å². The Labute approximate surface area is 85.2 Å². The number of hydrogen-bond acceptors (Lipinski definition) is 3. The van der Waals surface area contributed by atoms with Crippen LogP contribution in [0.3, 0.4) is 0 Å². The van der Waals surface area contributed by atoms with E-state index in [0.29, 0.717) is 17.1 Å². The molecule has 0 spiro atoms. The molecule has 3 nitrogen and oxygen atoms in total. The van der Waals surface area contributed by atoms with E-state index in [2.05, 4.69) is 18.7 Å². The molecule has 1 rings (SSSR count). The largest absolute Gasteiger partial charge is 0.392 e. The van der Waals surface area contributed by atoms with Crippen LogP contribution < -0.4 is 5.73 Å². The third-order valence-electron chi connectivity index (χ3n) is 2.41. The van der Waals surface area contributed by atoms with Crippen LogP contribution in [0, 0.1) is 0 Å². The molecule has 2 unspecified atom stereocenters. The Morgan fingerprint density at radius 2 is 2.38 bits per heavy atom. The van der Waals surface area contributed by atoms with E-state index in [1.165, 1.54) is 0 Å². The van der Waals surface area contributed by atoms with Gasteiger partial charge < -0.3 is 10.5 Å². The van der Waals surface area contributed by atoms with Gasteiger partial charge in [-0.15, -0.1) is 0 Å². The second-order valence-electron chi connectivity index (χ2n) is 3.60. The van der Waals surface area contributed by atoms with Crippen LogP contribution in [0.15, 0.2) is 0 Å². The second-order valence-corrected chi connectivity index (χ2v) is 4.13. The van der Waals surface area contributed by atoms with E-state index >= 15 is 0 Å². The molecule has 0 saturated carbocycles. The summed E-state index contributed by atoms with van der Waals surface area (Å²) in [5, 5.41) is 0. The SMILES string of the molecule is CCC1COC(C)CN1CC(N)=S. The highest BCUT2D eigenvalue weighted by Crippen LogP contribution is 2.13. The maximum absolute atomic E-state index is 5.57. The van der Waals surface area contributed by atoms with Gasteiger partial charge in [0, 0.05) is 19.1 Å². The summed E-state index contributed by atoms with van der Waals surface area (Å²) >= 11 is 4.91. The fraction of sp³-hybridized carbons (Fsp3) is 0.889. The Hall–Kier alpha value is -0.190. The van der Waals surface area contributed by atoms with E-state index in [1.807, 2.05) is 0 Å². The maximum atomic E-state index is 5.57. The van der Waals surface area contributed by atoms with Gasteiger partial charge in [-0.25, -0.2) is 0 Å². The number of morpholine rings is 1. The highest BCUT2D eigenvalue weighted by Gasteiger charge is 2.25. The standard InChI is InChI=1S/C9H18N2OS/c1-3-8-6-12-7(2)4-11(8)5-9(10)13/h7-8H,3-6H2,1-2H3,(H2,10,13). The molecule has 1 saturated heterocycles. The molecule has 4 heteroatoms. The van der Waals surface area contributed by atoms with Gasteiger partial charge in [-0.05, 0) is 13.3 Å². The van der Waals surface area contributed by atoms with Crippen molar-refractivity contribution in [3.8, 4) is 0 Å². The van der Waals surface area contributed by atoms with Crippen molar-refractivity contribution in [3.05, 3.63) is 0 Å². The molecule has 0 aromatic heterocycles. The number of nitrogens with zero attached hydrogens (tertiary/aromatic N) is 1. The lowest BCUT2D eigenvalue weighted by Crippen LogP contribution is -2.50. The van der Waals surface area contributed by atoms with Crippen LogP contribution in [0.4, 0.5) is 0 Å². The predicted octanol–water partition coefficient (Wildman–Crippen LogP) is 0.772. The van der Waals surface area contributed by atoms with Crippen molar-refractivity contribution in [2.75, 3.05) is 19.7 Å². The van der Waals surface area contributed by atoms with E-state index in [0.717, 1.165) is 26.1 Å². The molecule has 1 aliphatic heterocycles. The smallest absolute Gasteiger partial charge is 0.0870 e. The van der Waals surface area contributed by atoms with E-state index in [4.69, 9.17) is 22.7 Å². The summed E-state index contributed by atoms with van der Waals surface area (Å²) in [6.45, 7) is 6.71. The number of ether oxygens (including phenoxy) is 1. The van der Waals surface area contributed by atoms with Crippen LogP contribution in [0.5, 0.6) is 0 Å². The minimum absolute atomic E-state index is 0.303. The summed E-state index contributed by atoms with van der Waals surface area (Å²) in [4.78, 5) is 2.89. The van der Waals surface area contributed by atoms with Gasteiger partial charge in [-0.3, -0.25) is 4.90 Å². The number of nitrogens with two attached hydrogens (primary N) is 1. The minimum atomic E-state index is 0.303. The fourth-order valence-corrected chi connectivity index (χ4v) is 1.85. The Morgan fingerprint density at radius 3 is 2.92 bits per heavy atom. The summed E-state index contributed by atoms with van der Waals surface area (Å²) in [6.07, 6.45) is 1.40. The summed E-state index contributed by atoms with van der Waals surface area (Å²) < 4.78 is 5.57. The third kappa shape index (κ3) is 3.21. The third-order valence-corrected chi connectivity index (χ3v) is 2.54. The minimum Gasteiger partial charge on any atom is -0.392 e. The Balaban J connectivity index is 2.49. The number of thiocarbonyl (C=S) groups is 1. The van der Waals surface area contributed by atoms with Crippen LogP contribution in [0.2, 0.25) is 0 Å². The number of hydrogen-bond donors (Lipinski definition) is 1. The van der Waals surface area contributed by atoms with Gasteiger partial charge in [0.25, 0.3) is 0 Å². The van der Waals surface area contributed by atoms with E-state index in [9.17, 15) is 0 Å². The molecule has 1 heterocycles. The molecule has 1 fully saturated rings. The zero-order chi connectivity index (χ0) is 9.84. The van der Waals surface area contributed by atoms with Gasteiger partial charge in [0.15, 0.2) is 0 Å². The molecule has 1 aliphatic rings.